The number of rotatable bonds is 18. The van der Waals surface area contributed by atoms with Crippen molar-refractivity contribution < 1.29 is 53.8 Å². The van der Waals surface area contributed by atoms with E-state index in [1.54, 1.807) is 25.2 Å². The van der Waals surface area contributed by atoms with Crippen LogP contribution in [0.4, 0.5) is 0 Å². The number of aliphatic hydroxyl groups excluding tert-OH is 1. The van der Waals surface area contributed by atoms with Gasteiger partial charge >= 0.3 is 23.9 Å². The molecule has 264 valence electrons. The van der Waals surface area contributed by atoms with E-state index in [2.05, 4.69) is 6.92 Å². The predicted molar refractivity (Wildman–Crippen MR) is 175 cm³/mol. The van der Waals surface area contributed by atoms with Crippen molar-refractivity contribution in [2.45, 2.75) is 141 Å². The van der Waals surface area contributed by atoms with Crippen molar-refractivity contribution >= 4 is 23.9 Å². The van der Waals surface area contributed by atoms with Crippen LogP contribution >= 0.6 is 0 Å². The number of allylic oxidation sites excluding steroid dienone is 4. The van der Waals surface area contributed by atoms with Gasteiger partial charge in [-0.05, 0) is 69.8 Å². The summed E-state index contributed by atoms with van der Waals surface area (Å²) in [5, 5.41) is 37.6. The normalized spacial score (nSPS) is 28.4. The zero-order valence-corrected chi connectivity index (χ0v) is 28.5. The molecule has 2 saturated heterocycles. The number of esters is 1. The third-order valence-corrected chi connectivity index (χ3v) is 9.09. The Morgan fingerprint density at radius 2 is 1.66 bits per heavy atom. The molecule has 2 heterocycles. The quantitative estimate of drug-likeness (QED) is 0.0730. The maximum absolute atomic E-state index is 12.9. The molecule has 11 nitrogen and oxygen atoms in total. The number of carboxylic acids is 3. The summed E-state index contributed by atoms with van der Waals surface area (Å²) in [5.74, 6) is -4.59. The molecule has 0 aromatic rings. The summed E-state index contributed by atoms with van der Waals surface area (Å²) >= 11 is 0. The number of aliphatic hydroxyl groups is 1. The highest BCUT2D eigenvalue weighted by molar-refractivity contribution is 5.81. The monoisotopic (exact) mass is 662 g/mol. The van der Waals surface area contributed by atoms with Crippen LogP contribution in [0.25, 0.3) is 0 Å². The Bertz CT molecular complexity index is 1200. The molecule has 2 aliphatic rings. The van der Waals surface area contributed by atoms with Crippen LogP contribution in [0.2, 0.25) is 0 Å². The number of unbranched alkanes of at least 4 members (excludes halogenated alkanes) is 1. The maximum atomic E-state index is 12.9. The minimum Gasteiger partial charge on any atom is -0.481 e. The highest BCUT2D eigenvalue weighted by Gasteiger charge is 2.54. The largest absolute Gasteiger partial charge is 0.481 e. The number of carboxylic acid groups (broad SMARTS) is 3. The van der Waals surface area contributed by atoms with Crippen molar-refractivity contribution in [2.75, 3.05) is 0 Å². The Morgan fingerprint density at radius 3 is 2.30 bits per heavy atom. The molecule has 2 fully saturated rings. The Morgan fingerprint density at radius 1 is 0.957 bits per heavy atom. The Hall–Kier alpha value is -3.28. The second-order valence-electron chi connectivity index (χ2n) is 13.2. The number of carbonyl (C=O) groups excluding carboxylic acids is 1. The average molecular weight is 663 g/mol. The van der Waals surface area contributed by atoms with E-state index in [1.807, 2.05) is 32.9 Å². The van der Waals surface area contributed by atoms with Crippen molar-refractivity contribution in [1.82, 2.24) is 0 Å². The molecule has 7 atom stereocenters. The van der Waals surface area contributed by atoms with Gasteiger partial charge in [-0.2, -0.15) is 0 Å². The van der Waals surface area contributed by atoms with Crippen LogP contribution in [0.5, 0.6) is 0 Å². The fraction of sp³-hybridized carbons (Fsp3) is 0.667. The Kier molecular flexibility index (Phi) is 16.0. The van der Waals surface area contributed by atoms with E-state index in [1.165, 1.54) is 0 Å². The van der Waals surface area contributed by atoms with Gasteiger partial charge in [-0.25, -0.2) is 4.79 Å². The van der Waals surface area contributed by atoms with Gasteiger partial charge < -0.3 is 34.6 Å². The van der Waals surface area contributed by atoms with Gasteiger partial charge in [0.05, 0.1) is 25.0 Å². The molecule has 0 saturated carbocycles. The molecule has 1 spiro atoms. The fourth-order valence-electron chi connectivity index (χ4n) is 6.00. The molecular formula is C36H54O11. The summed E-state index contributed by atoms with van der Waals surface area (Å²) in [6.07, 6.45) is 13.1. The first-order valence-corrected chi connectivity index (χ1v) is 16.7. The van der Waals surface area contributed by atoms with Crippen LogP contribution in [0.15, 0.2) is 47.6 Å². The lowest BCUT2D eigenvalue weighted by molar-refractivity contribution is -0.344. The lowest BCUT2D eigenvalue weighted by Crippen LogP contribution is -2.59. The van der Waals surface area contributed by atoms with Gasteiger partial charge in [-0.3, -0.25) is 14.4 Å². The standard InChI is InChI=1S/C36H54O11/c1-6-7-19-35(47-34(44)17-16-32(40)41)21-22-36(46-30(35)14-10-25(3)23-33(42)43)20-18-27(5)29(45-36)13-9-24(2)8-12-28(37)26(4)11-15-31(38)39/h8-10,12,14,23,26-30,37H,6-7,11,13,15-22H2,1-5H3,(H,38,39)(H,40,41)(H,42,43)/b12-8+,14-10+,24-9+,25-23+/t26-,27-,28-,29+,30-,35+,36-/m0/s1. The summed E-state index contributed by atoms with van der Waals surface area (Å²) in [4.78, 5) is 46.1. The van der Waals surface area contributed by atoms with Gasteiger partial charge in [-0.1, -0.05) is 63.1 Å². The van der Waals surface area contributed by atoms with Gasteiger partial charge in [-0.15, -0.1) is 0 Å². The molecule has 2 aliphatic heterocycles. The highest BCUT2D eigenvalue weighted by Crippen LogP contribution is 2.48. The topological polar surface area (TPSA) is 177 Å². The smallest absolute Gasteiger partial charge is 0.328 e. The molecule has 47 heavy (non-hydrogen) atoms. The van der Waals surface area contributed by atoms with Crippen molar-refractivity contribution in [3.8, 4) is 0 Å². The van der Waals surface area contributed by atoms with Crippen LogP contribution in [-0.4, -0.2) is 74.0 Å². The van der Waals surface area contributed by atoms with Crippen LogP contribution in [-0.2, 0) is 33.4 Å². The molecule has 0 aromatic carbocycles. The van der Waals surface area contributed by atoms with Crippen LogP contribution in [0.3, 0.4) is 0 Å². The molecule has 2 rings (SSSR count). The van der Waals surface area contributed by atoms with E-state index in [9.17, 15) is 29.4 Å². The summed E-state index contributed by atoms with van der Waals surface area (Å²) < 4.78 is 19.5. The first kappa shape index (κ1) is 39.9. The molecule has 0 bridgehead atoms. The van der Waals surface area contributed by atoms with E-state index in [0.717, 1.165) is 30.9 Å². The van der Waals surface area contributed by atoms with Crippen LogP contribution < -0.4 is 0 Å². The Labute approximate surface area is 278 Å². The lowest BCUT2D eigenvalue weighted by atomic mass is 9.78. The number of carbonyl (C=O) groups is 4. The van der Waals surface area contributed by atoms with E-state index < -0.39 is 47.5 Å². The number of hydrogen-bond donors (Lipinski definition) is 4. The minimum atomic E-state index is -1.09. The maximum Gasteiger partial charge on any atom is 0.328 e. The van der Waals surface area contributed by atoms with Crippen molar-refractivity contribution in [2.24, 2.45) is 11.8 Å². The number of hydrogen-bond acceptors (Lipinski definition) is 8. The van der Waals surface area contributed by atoms with Crippen LogP contribution in [0.1, 0.15) is 112 Å². The fourth-order valence-corrected chi connectivity index (χ4v) is 6.00. The molecule has 4 N–H and O–H groups in total. The van der Waals surface area contributed by atoms with Gasteiger partial charge in [0.25, 0.3) is 0 Å². The van der Waals surface area contributed by atoms with E-state index in [0.29, 0.717) is 44.1 Å². The Balaban J connectivity index is 2.29. The molecule has 0 radical (unpaired) electrons. The second-order valence-corrected chi connectivity index (χ2v) is 13.2. The van der Waals surface area contributed by atoms with E-state index in [4.69, 9.17) is 24.4 Å². The molecule has 0 amide bonds. The van der Waals surface area contributed by atoms with Crippen molar-refractivity contribution in [3.63, 3.8) is 0 Å². The molecule has 0 aliphatic carbocycles. The van der Waals surface area contributed by atoms with Gasteiger partial charge in [0.1, 0.15) is 11.7 Å². The van der Waals surface area contributed by atoms with Gasteiger partial charge in [0.2, 0.25) is 0 Å². The highest BCUT2D eigenvalue weighted by atomic mass is 16.7. The first-order chi connectivity index (χ1) is 22.1. The van der Waals surface area contributed by atoms with E-state index >= 15 is 0 Å². The molecule has 0 aromatic heterocycles. The first-order valence-electron chi connectivity index (χ1n) is 16.7. The second kappa shape index (κ2) is 18.9. The third-order valence-electron chi connectivity index (χ3n) is 9.09. The summed E-state index contributed by atoms with van der Waals surface area (Å²) in [5.41, 5.74) is 0.346. The predicted octanol–water partition coefficient (Wildman–Crippen LogP) is 6.36. The van der Waals surface area contributed by atoms with Gasteiger partial charge in [0, 0.05) is 25.3 Å². The third kappa shape index (κ3) is 13.4. The molecular weight excluding hydrogens is 608 g/mol. The zero-order chi connectivity index (χ0) is 35.2. The summed E-state index contributed by atoms with van der Waals surface area (Å²) in [6, 6.07) is 0. The SMILES string of the molecule is CCCC[C@@]1(OC(=O)CCC(=O)O)CC[C@]2(CC[C@H](C)[C@@H](C/C=C(C)/C=C/[C@H](O)[C@@H](C)CCC(=O)O)O2)O[C@H]1/C=C/C(C)=C/C(=O)O. The lowest BCUT2D eigenvalue weighted by Gasteiger charge is -2.53. The summed E-state index contributed by atoms with van der Waals surface area (Å²) in [7, 11) is 0. The number of ether oxygens (including phenoxy) is 3. The number of aliphatic carboxylic acids is 3. The van der Waals surface area contributed by atoms with Crippen molar-refractivity contribution in [1.29, 1.82) is 0 Å². The molecule has 0 unspecified atom stereocenters. The molecule has 11 heteroatoms. The van der Waals surface area contributed by atoms with E-state index in [-0.39, 0.29) is 37.2 Å². The average Bonchev–Trinajstić information content (AvgIpc) is 3.01. The van der Waals surface area contributed by atoms with Gasteiger partial charge in [0.15, 0.2) is 5.79 Å². The zero-order valence-electron chi connectivity index (χ0n) is 28.5. The summed E-state index contributed by atoms with van der Waals surface area (Å²) in [6.45, 7) is 9.56. The van der Waals surface area contributed by atoms with Crippen LogP contribution in [0, 0.1) is 11.8 Å². The minimum absolute atomic E-state index is 0.00376. The van der Waals surface area contributed by atoms with Crippen molar-refractivity contribution in [3.05, 3.63) is 47.6 Å².